The second-order valence-electron chi connectivity index (χ2n) is 7.44. The van der Waals surface area contributed by atoms with Gasteiger partial charge in [0.2, 0.25) is 0 Å². The van der Waals surface area contributed by atoms with Gasteiger partial charge >= 0.3 is 5.69 Å². The third kappa shape index (κ3) is 2.96. The summed E-state index contributed by atoms with van der Waals surface area (Å²) in [7, 11) is 4.82. The van der Waals surface area contributed by atoms with Crippen LogP contribution in [0.2, 0.25) is 5.22 Å². The number of methoxy groups -OCH3 is 1. The molecule has 0 N–H and O–H groups in total. The Labute approximate surface area is 186 Å². The number of rotatable bonds is 3. The molecule has 1 aliphatic rings. The highest BCUT2D eigenvalue weighted by atomic mass is 35.5. The molecule has 5 rings (SSSR count). The van der Waals surface area contributed by atoms with E-state index in [9.17, 15) is 9.59 Å². The predicted molar refractivity (Wildman–Crippen MR) is 122 cm³/mol. The van der Waals surface area contributed by atoms with Crippen LogP contribution in [0.15, 0.2) is 50.4 Å². The number of halogens is 1. The molecular weight excluding hydrogens is 438 g/mol. The van der Waals surface area contributed by atoms with Gasteiger partial charge in [0.05, 0.1) is 29.4 Å². The normalized spacial score (nSPS) is 15.9. The van der Waals surface area contributed by atoms with Crippen LogP contribution in [-0.2, 0) is 20.6 Å². The minimum atomic E-state index is -0.366. The van der Waals surface area contributed by atoms with Gasteiger partial charge in [0, 0.05) is 32.0 Å². The average molecular weight is 458 g/mol. The van der Waals surface area contributed by atoms with E-state index in [0.29, 0.717) is 34.2 Å². The van der Waals surface area contributed by atoms with Gasteiger partial charge in [-0.2, -0.15) is 0 Å². The molecule has 0 saturated carbocycles. The first kappa shape index (κ1) is 20.1. The smallest absolute Gasteiger partial charge is 0.331 e. The van der Waals surface area contributed by atoms with Crippen molar-refractivity contribution in [3.8, 4) is 17.0 Å². The van der Waals surface area contributed by atoms with Gasteiger partial charge in [0.25, 0.3) is 5.56 Å². The monoisotopic (exact) mass is 457 g/mol. The Bertz CT molecular complexity index is 1450. The molecular formula is C22H20ClN3O4S. The SMILES string of the molecule is COc1cccc(-c2c3c(=O)n(C)c(=O)n(C)c3c3n2CCS[C@@H]3c2ccc(Cl)o2)c1. The number of fused-ring (bicyclic) bond motifs is 3. The molecule has 0 fully saturated rings. The molecule has 0 bridgehead atoms. The molecule has 1 atom stereocenters. The maximum Gasteiger partial charge on any atom is 0.331 e. The fourth-order valence-corrected chi connectivity index (χ4v) is 5.70. The Morgan fingerprint density at radius 1 is 1.16 bits per heavy atom. The largest absolute Gasteiger partial charge is 0.497 e. The summed E-state index contributed by atoms with van der Waals surface area (Å²) in [4.78, 5) is 26.2. The van der Waals surface area contributed by atoms with Gasteiger partial charge in [-0.15, -0.1) is 11.8 Å². The van der Waals surface area contributed by atoms with Gasteiger partial charge in [-0.1, -0.05) is 12.1 Å². The first-order valence-electron chi connectivity index (χ1n) is 9.75. The summed E-state index contributed by atoms with van der Waals surface area (Å²) in [5, 5.41) is 0.625. The highest BCUT2D eigenvalue weighted by Crippen LogP contribution is 2.46. The van der Waals surface area contributed by atoms with Gasteiger partial charge in [-0.05, 0) is 35.9 Å². The molecule has 1 aromatic carbocycles. The number of nitrogens with zero attached hydrogens (tertiary/aromatic N) is 3. The Kier molecular flexibility index (Phi) is 4.79. The molecule has 1 aliphatic heterocycles. The lowest BCUT2D eigenvalue weighted by Gasteiger charge is -2.25. The predicted octanol–water partition coefficient (Wildman–Crippen LogP) is 3.80. The standard InChI is InChI=1S/C22H20ClN3O4S/c1-24-18-16(21(27)25(2)22(24)28)17(12-5-4-6-13(11-12)29-3)26-9-10-31-20(19(18)26)14-7-8-15(23)30-14/h4-8,11,20H,9-10H2,1-3H3/t20-/m1/s1. The number of benzene rings is 1. The topological polar surface area (TPSA) is 71.3 Å². The van der Waals surface area contributed by atoms with Gasteiger partial charge in [0.15, 0.2) is 5.22 Å². The summed E-state index contributed by atoms with van der Waals surface area (Å²) in [6.07, 6.45) is 0. The van der Waals surface area contributed by atoms with E-state index >= 15 is 0 Å². The van der Waals surface area contributed by atoms with Crippen LogP contribution in [0.5, 0.6) is 5.75 Å². The maximum absolute atomic E-state index is 13.4. The Balaban J connectivity index is 1.95. The molecule has 0 unspecified atom stereocenters. The summed E-state index contributed by atoms with van der Waals surface area (Å²) in [5.74, 6) is 2.21. The van der Waals surface area contributed by atoms with E-state index in [2.05, 4.69) is 4.57 Å². The van der Waals surface area contributed by atoms with Crippen LogP contribution >= 0.6 is 23.4 Å². The number of aryl methyl sites for hydroxylation is 1. The maximum atomic E-state index is 13.4. The van der Waals surface area contributed by atoms with E-state index in [0.717, 1.165) is 27.3 Å². The van der Waals surface area contributed by atoms with Crippen LogP contribution in [-0.4, -0.2) is 26.6 Å². The van der Waals surface area contributed by atoms with Crippen molar-refractivity contribution in [1.29, 1.82) is 0 Å². The zero-order valence-electron chi connectivity index (χ0n) is 17.2. The molecule has 160 valence electrons. The van der Waals surface area contributed by atoms with Crippen LogP contribution in [0.3, 0.4) is 0 Å². The number of hydrogen-bond acceptors (Lipinski definition) is 5. The van der Waals surface area contributed by atoms with Crippen LogP contribution in [0, 0.1) is 0 Å². The molecule has 4 heterocycles. The zero-order valence-corrected chi connectivity index (χ0v) is 18.8. The number of aromatic nitrogens is 3. The van der Waals surface area contributed by atoms with Gasteiger partial charge in [-0.25, -0.2) is 4.79 Å². The van der Waals surface area contributed by atoms with Crippen molar-refractivity contribution in [2.75, 3.05) is 12.9 Å². The minimum absolute atomic E-state index is 0.194. The van der Waals surface area contributed by atoms with E-state index in [-0.39, 0.29) is 16.5 Å². The Morgan fingerprint density at radius 2 is 1.97 bits per heavy atom. The van der Waals surface area contributed by atoms with Crippen LogP contribution in [0.1, 0.15) is 16.7 Å². The minimum Gasteiger partial charge on any atom is -0.497 e. The molecule has 4 aromatic rings. The van der Waals surface area contributed by atoms with Crippen molar-refractivity contribution in [1.82, 2.24) is 13.7 Å². The van der Waals surface area contributed by atoms with E-state index in [4.69, 9.17) is 20.8 Å². The third-order valence-electron chi connectivity index (χ3n) is 5.75. The fourth-order valence-electron chi connectivity index (χ4n) is 4.34. The van der Waals surface area contributed by atoms with Crippen molar-refractivity contribution >= 4 is 34.3 Å². The number of thioether (sulfide) groups is 1. The molecule has 0 aliphatic carbocycles. The first-order chi connectivity index (χ1) is 14.9. The molecule has 0 amide bonds. The molecule has 0 spiro atoms. The summed E-state index contributed by atoms with van der Waals surface area (Å²) >= 11 is 7.76. The van der Waals surface area contributed by atoms with Gasteiger partial charge < -0.3 is 13.7 Å². The Hall–Kier alpha value is -2.84. The summed E-state index contributed by atoms with van der Waals surface area (Å²) in [5.41, 5.74) is 2.44. The summed E-state index contributed by atoms with van der Waals surface area (Å²) < 4.78 is 16.0. The molecule has 0 saturated heterocycles. The number of hydrogen-bond donors (Lipinski definition) is 0. The van der Waals surface area contributed by atoms with Crippen LogP contribution in [0.4, 0.5) is 0 Å². The number of ether oxygens (including phenoxy) is 1. The Morgan fingerprint density at radius 3 is 2.68 bits per heavy atom. The van der Waals surface area contributed by atoms with Crippen LogP contribution < -0.4 is 16.0 Å². The molecule has 31 heavy (non-hydrogen) atoms. The lowest BCUT2D eigenvalue weighted by molar-refractivity contribution is 0.415. The van der Waals surface area contributed by atoms with Crippen molar-refractivity contribution in [2.45, 2.75) is 11.8 Å². The van der Waals surface area contributed by atoms with E-state index in [1.54, 1.807) is 36.6 Å². The lowest BCUT2D eigenvalue weighted by atomic mass is 10.1. The lowest BCUT2D eigenvalue weighted by Crippen LogP contribution is -2.37. The molecule has 7 nitrogen and oxygen atoms in total. The van der Waals surface area contributed by atoms with Crippen molar-refractivity contribution < 1.29 is 9.15 Å². The van der Waals surface area contributed by atoms with Crippen molar-refractivity contribution in [3.05, 3.63) is 73.9 Å². The van der Waals surface area contributed by atoms with E-state index in [1.165, 1.54) is 7.05 Å². The number of furan rings is 1. The highest BCUT2D eigenvalue weighted by Gasteiger charge is 2.34. The first-order valence-corrected chi connectivity index (χ1v) is 11.2. The van der Waals surface area contributed by atoms with Crippen molar-refractivity contribution in [2.24, 2.45) is 14.1 Å². The molecule has 3 aromatic heterocycles. The third-order valence-corrected chi connectivity index (χ3v) is 7.16. The van der Waals surface area contributed by atoms with Gasteiger partial charge in [-0.3, -0.25) is 13.9 Å². The second kappa shape index (κ2) is 7.39. The van der Waals surface area contributed by atoms with Crippen molar-refractivity contribution in [3.63, 3.8) is 0 Å². The average Bonchev–Trinajstić information content (AvgIpc) is 3.37. The van der Waals surface area contributed by atoms with Crippen LogP contribution in [0.25, 0.3) is 22.2 Å². The fraction of sp³-hybridized carbons (Fsp3) is 0.273. The zero-order chi connectivity index (χ0) is 21.9. The quantitative estimate of drug-likeness (QED) is 0.468. The molecule has 0 radical (unpaired) electrons. The highest BCUT2D eigenvalue weighted by molar-refractivity contribution is 7.99. The summed E-state index contributed by atoms with van der Waals surface area (Å²) in [6.45, 7) is 0.698. The van der Waals surface area contributed by atoms with Gasteiger partial charge in [0.1, 0.15) is 16.8 Å². The van der Waals surface area contributed by atoms with E-state index in [1.807, 2.05) is 30.3 Å². The van der Waals surface area contributed by atoms with E-state index < -0.39 is 0 Å². The summed E-state index contributed by atoms with van der Waals surface area (Å²) in [6, 6.07) is 11.2. The second-order valence-corrected chi connectivity index (χ2v) is 9.03. The molecule has 9 heteroatoms.